The number of aliphatic hydroxyl groups is 2. The van der Waals surface area contributed by atoms with Crippen molar-refractivity contribution in [3.05, 3.63) is 53.6 Å². The zero-order chi connectivity index (χ0) is 29.8. The highest BCUT2D eigenvalue weighted by Gasteiger charge is 2.83. The van der Waals surface area contributed by atoms with Gasteiger partial charge in [-0.2, -0.15) is 0 Å². The quantitative estimate of drug-likeness (QED) is 0.496. The molecule has 10 heteroatoms. The number of Topliss-reactive ketones (excluding diaryl/α,β-unsaturated/α-hetero) is 1. The molecular formula is C31H36F2N2O6. The molecule has 0 radical (unpaired) electrons. The fourth-order valence-corrected chi connectivity index (χ4v) is 9.62. The van der Waals surface area contributed by atoms with Crippen LogP contribution in [0.1, 0.15) is 50.4 Å². The number of halogens is 2. The second-order valence-corrected chi connectivity index (χ2v) is 13.2. The van der Waals surface area contributed by atoms with Crippen LogP contribution >= 0.6 is 0 Å². The van der Waals surface area contributed by atoms with Crippen molar-refractivity contribution in [3.63, 3.8) is 0 Å². The Hall–Kier alpha value is -2.95. The number of hydroxylamine groups is 1. The van der Waals surface area contributed by atoms with Gasteiger partial charge in [0.25, 0.3) is 0 Å². The lowest BCUT2D eigenvalue weighted by Crippen LogP contribution is -2.73. The van der Waals surface area contributed by atoms with Crippen molar-refractivity contribution < 1.29 is 38.2 Å². The maximum Gasteiger partial charge on any atom is 0.248 e. The highest BCUT2D eigenvalue weighted by atomic mass is 19.1. The number of amides is 1. The molecule has 1 amide bonds. The Balaban J connectivity index is 1.46. The highest BCUT2D eigenvalue weighted by Crippen LogP contribution is 2.78. The van der Waals surface area contributed by atoms with E-state index in [9.17, 15) is 29.0 Å². The van der Waals surface area contributed by atoms with Crippen molar-refractivity contribution in [2.45, 2.75) is 57.4 Å². The predicted molar refractivity (Wildman–Crippen MR) is 145 cm³/mol. The molecule has 6 rings (SSSR count). The topological polar surface area (TPSA) is 130 Å². The summed E-state index contributed by atoms with van der Waals surface area (Å²) in [5.74, 6) is -3.54. The van der Waals surface area contributed by atoms with Gasteiger partial charge in [-0.25, -0.2) is 4.39 Å². The molecule has 4 fully saturated rings. The lowest BCUT2D eigenvalue weighted by molar-refractivity contribution is -0.256. The van der Waals surface area contributed by atoms with Crippen molar-refractivity contribution in [3.8, 4) is 0 Å². The van der Waals surface area contributed by atoms with Crippen LogP contribution in [0, 0.1) is 34.0 Å². The zero-order valence-electron chi connectivity index (χ0n) is 23.4. The normalized spacial score (nSPS) is 44.5. The summed E-state index contributed by atoms with van der Waals surface area (Å²) in [6, 6.07) is 6.41. The summed E-state index contributed by atoms with van der Waals surface area (Å²) in [4.78, 5) is 44.1. The Morgan fingerprint density at radius 3 is 2.46 bits per heavy atom. The number of aliphatic hydroxyl groups excluding tert-OH is 2. The Morgan fingerprint density at radius 1 is 1.17 bits per heavy atom. The minimum Gasteiger partial charge on any atom is -0.390 e. The molecule has 220 valence electrons. The van der Waals surface area contributed by atoms with Crippen LogP contribution in [-0.4, -0.2) is 64.9 Å². The van der Waals surface area contributed by atoms with Crippen LogP contribution in [0.4, 0.5) is 14.5 Å². The van der Waals surface area contributed by atoms with Crippen LogP contribution in [0.25, 0.3) is 0 Å². The molecule has 4 N–H and O–H groups in total. The summed E-state index contributed by atoms with van der Waals surface area (Å²) in [6.45, 7) is 4.02. The molecule has 41 heavy (non-hydrogen) atoms. The number of hydrogen-bond acceptors (Lipinski definition) is 7. The van der Waals surface area contributed by atoms with E-state index in [1.165, 1.54) is 18.2 Å². The van der Waals surface area contributed by atoms with E-state index in [1.807, 2.05) is 13.8 Å². The van der Waals surface area contributed by atoms with E-state index in [0.717, 1.165) is 0 Å². The summed E-state index contributed by atoms with van der Waals surface area (Å²) >= 11 is 0. The van der Waals surface area contributed by atoms with Crippen LogP contribution in [0.15, 0.2) is 48.1 Å². The van der Waals surface area contributed by atoms with Gasteiger partial charge < -0.3 is 15.9 Å². The number of nitrogens with zero attached hydrogens (tertiary/aromatic N) is 1. The number of primary amides is 1. The first kappa shape index (κ1) is 28.2. The Labute approximate surface area is 237 Å². The fourth-order valence-electron chi connectivity index (χ4n) is 9.62. The second-order valence-electron chi connectivity index (χ2n) is 13.2. The summed E-state index contributed by atoms with van der Waals surface area (Å²) in [5, 5.41) is 23.5. The van der Waals surface area contributed by atoms with Gasteiger partial charge >= 0.3 is 0 Å². The smallest absolute Gasteiger partial charge is 0.248 e. The molecule has 0 aromatic heterocycles. The van der Waals surface area contributed by atoms with Crippen molar-refractivity contribution in [1.82, 2.24) is 0 Å². The zero-order valence-corrected chi connectivity index (χ0v) is 23.4. The first-order chi connectivity index (χ1) is 19.2. The number of ketones is 2. The Kier molecular flexibility index (Phi) is 6.04. The van der Waals surface area contributed by atoms with Crippen LogP contribution < -0.4 is 10.8 Å². The third-order valence-electron chi connectivity index (χ3n) is 11.7. The molecule has 3 saturated carbocycles. The SMILES string of the molecule is C[C@]12C[C@H](O)[C@@]3(F)[C@@H](C[C@H](CF)C4=CC(=O)C=C[C@@]43C)[C@]1(C)C[C@H]1CN(c3ccc(C(N)=O)cc3)O[C@]12C(=O)CO. The molecule has 0 bridgehead atoms. The molecule has 1 aromatic rings. The largest absolute Gasteiger partial charge is 0.390 e. The van der Waals surface area contributed by atoms with Gasteiger partial charge in [-0.3, -0.25) is 28.7 Å². The van der Waals surface area contributed by atoms with Crippen molar-refractivity contribution in [1.29, 1.82) is 0 Å². The molecule has 1 aromatic carbocycles. The second kappa shape index (κ2) is 8.78. The average molecular weight is 571 g/mol. The minimum atomic E-state index is -2.23. The lowest BCUT2D eigenvalue weighted by atomic mass is 9.39. The van der Waals surface area contributed by atoms with E-state index in [1.54, 1.807) is 36.3 Å². The number of fused-ring (bicyclic) bond motifs is 7. The third kappa shape index (κ3) is 3.21. The monoisotopic (exact) mass is 570 g/mol. The number of carbonyl (C=O) groups excluding carboxylic acids is 3. The number of hydrogen-bond donors (Lipinski definition) is 3. The molecule has 1 aliphatic heterocycles. The molecule has 1 heterocycles. The van der Waals surface area contributed by atoms with E-state index < -0.39 is 76.3 Å². The average Bonchev–Trinajstić information content (AvgIpc) is 3.40. The molecule has 0 spiro atoms. The van der Waals surface area contributed by atoms with Crippen LogP contribution in [0.5, 0.6) is 0 Å². The molecule has 4 aliphatic carbocycles. The number of nitrogens with two attached hydrogens (primary N) is 1. The predicted octanol–water partition coefficient (Wildman–Crippen LogP) is 3.02. The lowest BCUT2D eigenvalue weighted by Gasteiger charge is -2.67. The van der Waals surface area contributed by atoms with Crippen LogP contribution in [0.3, 0.4) is 0 Å². The molecule has 5 aliphatic rings. The maximum atomic E-state index is 17.9. The standard InChI is InChI=1S/C31H36F2N2O6/c1-27-9-8-21(37)11-22(27)18(14-32)10-23-28(2)12-19-15-35(20-6-4-17(5-7-20)26(34)40)41-31(19,25(39)16-36)29(28,3)13-24(38)30(23,27)33/h4-9,11,18-19,23-24,36,38H,10,12-16H2,1-3H3,(H2,34,40)/t18-,19+,23+,24+,27+,28+,29+,30+,31+/m1/s1. The number of carbonyl (C=O) groups is 3. The number of rotatable bonds is 5. The Bertz CT molecular complexity index is 1400. The summed E-state index contributed by atoms with van der Waals surface area (Å²) in [6.07, 6.45) is 2.78. The van der Waals surface area contributed by atoms with Crippen LogP contribution in [-0.2, 0) is 14.4 Å². The number of alkyl halides is 2. The number of anilines is 1. The van der Waals surface area contributed by atoms with Gasteiger partial charge in [0.15, 0.2) is 22.8 Å². The summed E-state index contributed by atoms with van der Waals surface area (Å²) in [7, 11) is 0. The van der Waals surface area contributed by atoms with Gasteiger partial charge in [-0.05, 0) is 73.6 Å². The van der Waals surface area contributed by atoms with Gasteiger partial charge in [0.1, 0.15) is 6.61 Å². The van der Waals surface area contributed by atoms with Gasteiger partial charge in [0.2, 0.25) is 5.91 Å². The van der Waals surface area contributed by atoms with Gasteiger partial charge in [-0.1, -0.05) is 19.9 Å². The maximum absolute atomic E-state index is 17.9. The van der Waals surface area contributed by atoms with Gasteiger partial charge in [0, 0.05) is 34.1 Å². The van der Waals surface area contributed by atoms with E-state index >= 15 is 4.39 Å². The first-order valence-electron chi connectivity index (χ1n) is 14.1. The minimum absolute atomic E-state index is 0.0626. The van der Waals surface area contributed by atoms with E-state index in [2.05, 4.69) is 0 Å². The molecule has 8 nitrogen and oxygen atoms in total. The van der Waals surface area contributed by atoms with Crippen molar-refractivity contribution >= 4 is 23.2 Å². The number of allylic oxidation sites excluding steroid dienone is 4. The summed E-state index contributed by atoms with van der Waals surface area (Å²) < 4.78 is 32.4. The number of benzene rings is 1. The molecule has 9 atom stereocenters. The molecule has 0 unspecified atom stereocenters. The van der Waals surface area contributed by atoms with Crippen LogP contribution in [0.2, 0.25) is 0 Å². The van der Waals surface area contributed by atoms with Gasteiger partial charge in [-0.15, -0.1) is 0 Å². The molecular weight excluding hydrogens is 534 g/mol. The van der Waals surface area contributed by atoms with Crippen molar-refractivity contribution in [2.24, 2.45) is 39.7 Å². The van der Waals surface area contributed by atoms with E-state index in [-0.39, 0.29) is 25.2 Å². The summed E-state index contributed by atoms with van der Waals surface area (Å²) in [5.41, 5.74) is -0.687. The van der Waals surface area contributed by atoms with Crippen molar-refractivity contribution in [2.75, 3.05) is 24.9 Å². The first-order valence-corrected chi connectivity index (χ1v) is 14.1. The Morgan fingerprint density at radius 2 is 1.85 bits per heavy atom. The van der Waals surface area contributed by atoms with E-state index in [0.29, 0.717) is 23.2 Å². The highest BCUT2D eigenvalue weighted by molar-refractivity contribution is 6.01. The fraction of sp³-hybridized carbons (Fsp3) is 0.581. The third-order valence-corrected chi connectivity index (χ3v) is 11.7. The van der Waals surface area contributed by atoms with Gasteiger partial charge in [0.05, 0.1) is 25.0 Å². The molecule has 1 saturated heterocycles. The van der Waals surface area contributed by atoms with E-state index in [4.69, 9.17) is 10.6 Å².